The average Bonchev–Trinajstić information content (AvgIpc) is 3.48. The summed E-state index contributed by atoms with van der Waals surface area (Å²) in [7, 11) is 1.52. The van der Waals surface area contributed by atoms with Crippen LogP contribution in [0.5, 0.6) is 0 Å². The number of aryl methyl sites for hydroxylation is 1. The Morgan fingerprint density at radius 2 is 1.62 bits per heavy atom. The summed E-state index contributed by atoms with van der Waals surface area (Å²) in [6.45, 7) is 6.29. The first kappa shape index (κ1) is 20.2. The topological polar surface area (TPSA) is 40.8 Å². The second kappa shape index (κ2) is 8.12. The van der Waals surface area contributed by atoms with Crippen LogP contribution in [0.1, 0.15) is 40.2 Å². The normalized spacial score (nSPS) is 14.5. The van der Waals surface area contributed by atoms with Gasteiger partial charge in [-0.2, -0.15) is 9.83 Å². The van der Waals surface area contributed by atoms with Crippen LogP contribution in [0.4, 0.5) is 4.39 Å². The van der Waals surface area contributed by atoms with Crippen molar-refractivity contribution in [3.05, 3.63) is 113 Å². The van der Waals surface area contributed by atoms with E-state index in [0.29, 0.717) is 27.9 Å². The van der Waals surface area contributed by atoms with Crippen LogP contribution in [0.2, 0.25) is 0 Å². The van der Waals surface area contributed by atoms with Crippen LogP contribution in [0.25, 0.3) is 55.4 Å². The number of halogens is 1. The van der Waals surface area contributed by atoms with E-state index in [4.69, 9.17) is 8.53 Å². The summed E-state index contributed by atoms with van der Waals surface area (Å²) in [6, 6.07) is 23.6. The van der Waals surface area contributed by atoms with Gasteiger partial charge in [-0.15, -0.1) is 0 Å². The van der Waals surface area contributed by atoms with Gasteiger partial charge in [-0.05, 0) is 64.5 Å². The van der Waals surface area contributed by atoms with Crippen LogP contribution in [0.3, 0.4) is 0 Å². The highest BCUT2D eigenvalue weighted by atomic mass is 19.1. The van der Waals surface area contributed by atoms with Crippen molar-refractivity contribution in [1.82, 2.24) is 0 Å². The predicted molar refractivity (Wildman–Crippen MR) is 153 cm³/mol. The minimum absolute atomic E-state index is 0.218. The molecule has 0 unspecified atom stereocenters. The van der Waals surface area contributed by atoms with Crippen LogP contribution < -0.4 is 4.57 Å². The third kappa shape index (κ3) is 3.23. The zero-order valence-electron chi connectivity index (χ0n) is 25.0. The van der Waals surface area contributed by atoms with Crippen molar-refractivity contribution in [1.29, 1.82) is 5.26 Å². The van der Waals surface area contributed by atoms with Gasteiger partial charge in [0.15, 0.2) is 5.82 Å². The molecule has 188 valence electrons. The van der Waals surface area contributed by atoms with Crippen LogP contribution in [-0.2, 0) is 12.5 Å². The summed E-state index contributed by atoms with van der Waals surface area (Å²) in [5, 5.41) is 11.8. The first-order chi connectivity index (χ1) is 20.1. The number of aromatic nitrogens is 1. The zero-order valence-corrected chi connectivity index (χ0v) is 22.0. The van der Waals surface area contributed by atoms with Crippen LogP contribution in [-0.4, -0.2) is 0 Å². The fourth-order valence-electron chi connectivity index (χ4n) is 6.20. The number of rotatable bonds is 2. The van der Waals surface area contributed by atoms with Crippen LogP contribution >= 0.6 is 0 Å². The number of hydrogen-bond acceptors (Lipinski definition) is 2. The molecule has 7 rings (SSSR count). The monoisotopic (exact) mass is 512 g/mol. The molecular weight excluding hydrogens is 483 g/mol. The van der Waals surface area contributed by atoms with Gasteiger partial charge >= 0.3 is 0 Å². The molecule has 2 aromatic heterocycles. The second-order valence-electron chi connectivity index (χ2n) is 10.7. The number of pyridine rings is 1. The Kier molecular flexibility index (Phi) is 4.22. The molecule has 0 saturated carbocycles. The van der Waals surface area contributed by atoms with E-state index in [-0.39, 0.29) is 17.2 Å². The summed E-state index contributed by atoms with van der Waals surface area (Å²) in [5.74, 6) is -1.04. The largest absolute Gasteiger partial charge is 0.454 e. The molecule has 39 heavy (non-hydrogen) atoms. The Hall–Kier alpha value is -4.75. The van der Waals surface area contributed by atoms with E-state index in [1.165, 1.54) is 33.9 Å². The minimum Gasteiger partial charge on any atom is -0.454 e. The van der Waals surface area contributed by atoms with Gasteiger partial charge in [0.1, 0.15) is 19.6 Å². The SMILES string of the molecule is [2H]c1c([2H])c(-c2c(C)ccc3c2oc2c(-c4ccc5c(c4)C(C)(C)c4ccccc4-5)c(C#N)ccc23)[n+](C)c([2H])c1F. The zero-order chi connectivity index (χ0) is 29.7. The summed E-state index contributed by atoms with van der Waals surface area (Å²) in [4.78, 5) is 0. The lowest BCUT2D eigenvalue weighted by Crippen LogP contribution is -2.31. The van der Waals surface area contributed by atoms with E-state index in [2.05, 4.69) is 56.3 Å². The third-order valence-electron chi connectivity index (χ3n) is 8.14. The molecule has 0 atom stereocenters. The maximum Gasteiger partial charge on any atom is 0.216 e. The maximum atomic E-state index is 14.5. The number of hydrogen-bond donors (Lipinski definition) is 0. The van der Waals surface area contributed by atoms with E-state index < -0.39 is 18.0 Å². The number of fused-ring (bicyclic) bond motifs is 6. The van der Waals surface area contributed by atoms with Gasteiger partial charge in [0.05, 0.1) is 19.9 Å². The van der Waals surface area contributed by atoms with Crippen molar-refractivity contribution in [3.8, 4) is 39.6 Å². The van der Waals surface area contributed by atoms with Crippen molar-refractivity contribution in [3.63, 3.8) is 0 Å². The summed E-state index contributed by atoms with van der Waals surface area (Å²) in [5.41, 5.74) is 9.15. The van der Waals surface area contributed by atoms with E-state index >= 15 is 0 Å². The van der Waals surface area contributed by atoms with E-state index in [9.17, 15) is 9.65 Å². The molecule has 0 saturated heterocycles. The number of nitrogens with zero attached hydrogens (tertiary/aromatic N) is 2. The standard InChI is InChI=1S/C35H26FN2O/c1-20-9-13-26-27-15-11-22(18-37)32(34(27)39-33(26)31(20)30-16-12-23(36)19-38(30)4)21-10-14-25-24-7-5-6-8-28(24)35(2,3)29(25)17-21/h5-17,19H,1-4H3/q+1/i12D,16D,19D. The molecule has 0 amide bonds. The molecule has 4 aromatic carbocycles. The van der Waals surface area contributed by atoms with E-state index in [0.717, 1.165) is 21.9 Å². The second-order valence-corrected chi connectivity index (χ2v) is 10.7. The molecule has 0 N–H and O–H groups in total. The lowest BCUT2D eigenvalue weighted by molar-refractivity contribution is -0.661. The van der Waals surface area contributed by atoms with Crippen molar-refractivity contribution < 1.29 is 17.5 Å². The first-order valence-electron chi connectivity index (χ1n) is 14.4. The van der Waals surface area contributed by atoms with Crippen LogP contribution in [0.15, 0.2) is 89.4 Å². The molecule has 0 spiro atoms. The van der Waals surface area contributed by atoms with Crippen LogP contribution in [0, 0.1) is 24.1 Å². The van der Waals surface area contributed by atoms with E-state index in [1.807, 2.05) is 31.2 Å². The van der Waals surface area contributed by atoms with Gasteiger partial charge in [-0.3, -0.25) is 0 Å². The predicted octanol–water partition coefficient (Wildman–Crippen LogP) is 8.37. The molecular formula is C35H26FN2O+. The average molecular weight is 513 g/mol. The third-order valence-corrected chi connectivity index (χ3v) is 8.14. The fourth-order valence-corrected chi connectivity index (χ4v) is 6.20. The number of nitriles is 1. The maximum absolute atomic E-state index is 14.5. The van der Waals surface area contributed by atoms with Gasteiger partial charge in [0.25, 0.3) is 0 Å². The minimum atomic E-state index is -1.04. The quantitative estimate of drug-likeness (QED) is 0.219. The lowest BCUT2D eigenvalue weighted by Gasteiger charge is -2.22. The summed E-state index contributed by atoms with van der Waals surface area (Å²) >= 11 is 0. The lowest BCUT2D eigenvalue weighted by atomic mass is 9.81. The number of furan rings is 1. The highest BCUT2D eigenvalue weighted by Gasteiger charge is 2.35. The molecule has 1 aliphatic rings. The summed E-state index contributed by atoms with van der Waals surface area (Å²) < 4.78 is 47.4. The molecule has 2 heterocycles. The molecule has 4 heteroatoms. The first-order valence-corrected chi connectivity index (χ1v) is 12.9. The molecule has 0 radical (unpaired) electrons. The highest BCUT2D eigenvalue weighted by Crippen LogP contribution is 2.50. The molecule has 0 aliphatic heterocycles. The molecule has 0 bridgehead atoms. The highest BCUT2D eigenvalue weighted by molar-refractivity contribution is 6.14. The smallest absolute Gasteiger partial charge is 0.216 e. The molecule has 3 nitrogen and oxygen atoms in total. The Bertz CT molecular complexity index is 2180. The van der Waals surface area contributed by atoms with Crippen molar-refractivity contribution in [2.45, 2.75) is 26.2 Å². The molecule has 6 aromatic rings. The van der Waals surface area contributed by atoms with Gasteiger partial charge in [0, 0.05) is 27.8 Å². The Balaban J connectivity index is 1.54. The molecule has 1 aliphatic carbocycles. The van der Waals surface area contributed by atoms with Crippen molar-refractivity contribution in [2.24, 2.45) is 7.05 Å². The Morgan fingerprint density at radius 1 is 0.897 bits per heavy atom. The van der Waals surface area contributed by atoms with Gasteiger partial charge < -0.3 is 4.42 Å². The van der Waals surface area contributed by atoms with Gasteiger partial charge in [-0.1, -0.05) is 62.4 Å². The Labute approximate surface area is 230 Å². The molecule has 0 fully saturated rings. The van der Waals surface area contributed by atoms with Crippen molar-refractivity contribution >= 4 is 21.9 Å². The van der Waals surface area contributed by atoms with E-state index in [1.54, 1.807) is 6.07 Å². The van der Waals surface area contributed by atoms with Crippen molar-refractivity contribution in [2.75, 3.05) is 0 Å². The fraction of sp³-hybridized carbons (Fsp3) is 0.143. The summed E-state index contributed by atoms with van der Waals surface area (Å²) in [6.07, 6.45) is -0.479. The Morgan fingerprint density at radius 3 is 2.41 bits per heavy atom. The van der Waals surface area contributed by atoms with Gasteiger partial charge in [-0.25, -0.2) is 4.39 Å². The van der Waals surface area contributed by atoms with Gasteiger partial charge in [0.2, 0.25) is 11.9 Å². The number of benzene rings is 4.